The molecule has 94 valence electrons. The van der Waals surface area contributed by atoms with Crippen molar-refractivity contribution in [2.24, 2.45) is 0 Å². The van der Waals surface area contributed by atoms with Crippen LogP contribution in [0.5, 0.6) is 11.6 Å². The topological polar surface area (TPSA) is 48.1 Å². The molecule has 1 aromatic heterocycles. The molecule has 2 rings (SSSR count). The van der Waals surface area contributed by atoms with Crippen LogP contribution < -0.4 is 10.5 Å². The van der Waals surface area contributed by atoms with Gasteiger partial charge in [0.15, 0.2) is 11.6 Å². The first-order valence-corrected chi connectivity index (χ1v) is 5.82. The summed E-state index contributed by atoms with van der Waals surface area (Å²) < 4.78 is 32.2. The number of ether oxygens (including phenoxy) is 1. The average Bonchev–Trinajstić information content (AvgIpc) is 2.30. The van der Waals surface area contributed by atoms with Gasteiger partial charge in [0.2, 0.25) is 11.7 Å². The van der Waals surface area contributed by atoms with E-state index in [-0.39, 0.29) is 11.6 Å². The zero-order valence-corrected chi connectivity index (χ0v) is 11.0. The largest absolute Gasteiger partial charge is 0.436 e. The normalized spacial score (nSPS) is 10.4. The van der Waals surface area contributed by atoms with E-state index in [2.05, 4.69) is 20.9 Å². The number of nitrogen functional groups attached to an aromatic ring is 1. The molecule has 18 heavy (non-hydrogen) atoms. The third kappa shape index (κ3) is 2.59. The highest BCUT2D eigenvalue weighted by molar-refractivity contribution is 9.10. The number of hydrogen-bond donors (Lipinski definition) is 1. The van der Waals surface area contributed by atoms with Gasteiger partial charge in [-0.2, -0.15) is 4.39 Å². The molecule has 0 radical (unpaired) electrons. The Kier molecular flexibility index (Phi) is 3.47. The zero-order chi connectivity index (χ0) is 13.3. The van der Waals surface area contributed by atoms with Crippen molar-refractivity contribution in [1.29, 1.82) is 0 Å². The number of halogens is 3. The summed E-state index contributed by atoms with van der Waals surface area (Å²) in [5.74, 6) is -2.14. The van der Waals surface area contributed by atoms with E-state index >= 15 is 0 Å². The van der Waals surface area contributed by atoms with E-state index < -0.39 is 11.6 Å². The first-order valence-electron chi connectivity index (χ1n) is 5.03. The summed E-state index contributed by atoms with van der Waals surface area (Å²) in [6.45, 7) is 1.69. The first kappa shape index (κ1) is 12.8. The number of aromatic nitrogens is 1. The van der Waals surface area contributed by atoms with E-state index in [4.69, 9.17) is 10.5 Å². The lowest BCUT2D eigenvalue weighted by atomic mass is 10.3. The highest BCUT2D eigenvalue weighted by Crippen LogP contribution is 2.29. The number of pyridine rings is 1. The van der Waals surface area contributed by atoms with Crippen molar-refractivity contribution in [2.45, 2.75) is 6.92 Å². The number of nitrogens with two attached hydrogens (primary N) is 1. The number of aryl methyl sites for hydroxylation is 1. The van der Waals surface area contributed by atoms with Crippen LogP contribution >= 0.6 is 15.9 Å². The van der Waals surface area contributed by atoms with Gasteiger partial charge in [-0.1, -0.05) is 15.9 Å². The van der Waals surface area contributed by atoms with E-state index in [0.717, 1.165) is 6.07 Å². The molecule has 0 amide bonds. The maximum Gasteiger partial charge on any atom is 0.219 e. The van der Waals surface area contributed by atoms with Crippen LogP contribution in [-0.2, 0) is 0 Å². The van der Waals surface area contributed by atoms with Crippen molar-refractivity contribution in [3.05, 3.63) is 46.1 Å². The molecule has 0 aliphatic rings. The van der Waals surface area contributed by atoms with Gasteiger partial charge in [0, 0.05) is 10.5 Å². The summed E-state index contributed by atoms with van der Waals surface area (Å²) in [6.07, 6.45) is 0. The fraction of sp³-hybridized carbons (Fsp3) is 0.0833. The molecule has 0 aliphatic heterocycles. The fourth-order valence-electron chi connectivity index (χ4n) is 1.32. The van der Waals surface area contributed by atoms with Gasteiger partial charge in [-0.25, -0.2) is 9.37 Å². The smallest absolute Gasteiger partial charge is 0.219 e. The van der Waals surface area contributed by atoms with Crippen LogP contribution in [0.1, 0.15) is 5.69 Å². The Morgan fingerprint density at radius 2 is 2.00 bits per heavy atom. The van der Waals surface area contributed by atoms with Crippen molar-refractivity contribution < 1.29 is 13.5 Å². The molecule has 0 unspecified atom stereocenters. The molecule has 2 N–H and O–H groups in total. The highest BCUT2D eigenvalue weighted by Gasteiger charge is 2.13. The summed E-state index contributed by atoms with van der Waals surface area (Å²) >= 11 is 3.06. The number of hydrogen-bond acceptors (Lipinski definition) is 3. The molecule has 0 spiro atoms. The molecule has 0 fully saturated rings. The van der Waals surface area contributed by atoms with Crippen molar-refractivity contribution in [3.8, 4) is 11.6 Å². The summed E-state index contributed by atoms with van der Waals surface area (Å²) in [7, 11) is 0. The molecule has 1 aromatic carbocycles. The van der Waals surface area contributed by atoms with Gasteiger partial charge in [0.1, 0.15) is 0 Å². The molecular weight excluding hydrogens is 306 g/mol. The number of benzene rings is 1. The van der Waals surface area contributed by atoms with Crippen LogP contribution in [0.4, 0.5) is 14.5 Å². The predicted molar refractivity (Wildman–Crippen MR) is 67.5 cm³/mol. The van der Waals surface area contributed by atoms with Gasteiger partial charge in [0.25, 0.3) is 0 Å². The van der Waals surface area contributed by atoms with Gasteiger partial charge in [0.05, 0.1) is 11.4 Å². The van der Waals surface area contributed by atoms with Crippen LogP contribution in [-0.4, -0.2) is 4.98 Å². The molecule has 6 heteroatoms. The number of nitrogens with zero attached hydrogens (tertiary/aromatic N) is 1. The molecule has 3 nitrogen and oxygen atoms in total. The minimum absolute atomic E-state index is 0.151. The van der Waals surface area contributed by atoms with Gasteiger partial charge < -0.3 is 10.5 Å². The maximum atomic E-state index is 13.5. The minimum atomic E-state index is -1.06. The van der Waals surface area contributed by atoms with E-state index in [9.17, 15) is 8.78 Å². The van der Waals surface area contributed by atoms with E-state index in [1.54, 1.807) is 13.0 Å². The molecule has 0 atom stereocenters. The Bertz CT molecular complexity index is 605. The second kappa shape index (κ2) is 4.89. The van der Waals surface area contributed by atoms with Gasteiger partial charge in [-0.3, -0.25) is 0 Å². The van der Waals surface area contributed by atoms with Gasteiger partial charge >= 0.3 is 0 Å². The van der Waals surface area contributed by atoms with Crippen LogP contribution in [0.15, 0.2) is 28.7 Å². The molecular formula is C12H9BrF2N2O. The van der Waals surface area contributed by atoms with E-state index in [1.165, 1.54) is 12.1 Å². The third-order valence-corrected chi connectivity index (χ3v) is 2.73. The van der Waals surface area contributed by atoms with Crippen LogP contribution in [0.2, 0.25) is 0 Å². The van der Waals surface area contributed by atoms with Crippen molar-refractivity contribution >= 4 is 21.6 Å². The Balaban J connectivity index is 2.36. The predicted octanol–water partition coefficient (Wildman–Crippen LogP) is 3.81. The van der Waals surface area contributed by atoms with Crippen molar-refractivity contribution in [2.75, 3.05) is 5.73 Å². The fourth-order valence-corrected chi connectivity index (χ4v) is 1.73. The van der Waals surface area contributed by atoms with Crippen LogP contribution in [0, 0.1) is 18.6 Å². The lowest BCUT2D eigenvalue weighted by Crippen LogP contribution is -1.97. The van der Waals surface area contributed by atoms with Crippen LogP contribution in [0.3, 0.4) is 0 Å². The summed E-state index contributed by atoms with van der Waals surface area (Å²) in [5, 5.41) is 0. The van der Waals surface area contributed by atoms with Gasteiger partial charge in [-0.05, 0) is 25.1 Å². The lowest BCUT2D eigenvalue weighted by molar-refractivity contribution is 0.404. The maximum absolute atomic E-state index is 13.5. The Hall–Kier alpha value is -1.69. The molecule has 0 bridgehead atoms. The molecule has 2 aromatic rings. The molecule has 0 saturated carbocycles. The second-order valence-corrected chi connectivity index (χ2v) is 4.54. The Labute approximate surface area is 111 Å². The number of rotatable bonds is 2. The van der Waals surface area contributed by atoms with E-state index in [1.807, 2.05) is 0 Å². The standard InChI is InChI=1S/C12H9BrF2N2O/c1-6-9(16)2-3-11(17-6)18-10-5-7(13)4-8(14)12(10)15/h2-5H,16H2,1H3. The highest BCUT2D eigenvalue weighted by atomic mass is 79.9. The van der Waals surface area contributed by atoms with Crippen molar-refractivity contribution in [1.82, 2.24) is 4.98 Å². The van der Waals surface area contributed by atoms with Crippen LogP contribution in [0.25, 0.3) is 0 Å². The molecule has 1 heterocycles. The average molecular weight is 315 g/mol. The quantitative estimate of drug-likeness (QED) is 0.858. The summed E-state index contributed by atoms with van der Waals surface area (Å²) in [5.41, 5.74) is 6.66. The van der Waals surface area contributed by atoms with Crippen molar-refractivity contribution in [3.63, 3.8) is 0 Å². The third-order valence-electron chi connectivity index (χ3n) is 2.28. The summed E-state index contributed by atoms with van der Waals surface area (Å²) in [4.78, 5) is 4.02. The Morgan fingerprint density at radius 3 is 2.67 bits per heavy atom. The molecule has 0 saturated heterocycles. The van der Waals surface area contributed by atoms with Gasteiger partial charge in [-0.15, -0.1) is 0 Å². The zero-order valence-electron chi connectivity index (χ0n) is 9.38. The van der Waals surface area contributed by atoms with E-state index in [0.29, 0.717) is 15.9 Å². The molecule has 0 aliphatic carbocycles. The second-order valence-electron chi connectivity index (χ2n) is 3.63. The SMILES string of the molecule is Cc1nc(Oc2cc(Br)cc(F)c2F)ccc1N. The first-order chi connectivity index (χ1) is 8.47. The monoisotopic (exact) mass is 314 g/mol. The summed E-state index contributed by atoms with van der Waals surface area (Å²) in [6, 6.07) is 5.42. The Morgan fingerprint density at radius 1 is 1.28 bits per heavy atom. The minimum Gasteiger partial charge on any atom is -0.436 e. The lowest BCUT2D eigenvalue weighted by Gasteiger charge is -2.08. The number of anilines is 1.